The minimum atomic E-state index is -4.49. The van der Waals surface area contributed by atoms with E-state index >= 15 is 0 Å². The molecule has 1 atom stereocenters. The van der Waals surface area contributed by atoms with Crippen molar-refractivity contribution in [1.29, 1.82) is 0 Å². The van der Waals surface area contributed by atoms with Crippen molar-refractivity contribution in [3.05, 3.63) is 35.4 Å². The summed E-state index contributed by atoms with van der Waals surface area (Å²) in [6.07, 6.45) is -3.57. The highest BCUT2D eigenvalue weighted by atomic mass is 19.4. The van der Waals surface area contributed by atoms with Crippen LogP contribution in [-0.4, -0.2) is 46.9 Å². The number of carbonyl (C=O) groups excluding carboxylic acids is 2. The van der Waals surface area contributed by atoms with Crippen LogP contribution in [0.25, 0.3) is 0 Å². The summed E-state index contributed by atoms with van der Waals surface area (Å²) in [6.45, 7) is -0.115. The van der Waals surface area contributed by atoms with Crippen LogP contribution in [-0.2, 0) is 15.8 Å². The Hall–Kier alpha value is -2.58. The molecule has 130 valence electrons. The van der Waals surface area contributed by atoms with E-state index in [2.05, 4.69) is 5.32 Å². The van der Waals surface area contributed by atoms with Gasteiger partial charge in [0.05, 0.1) is 12.1 Å². The van der Waals surface area contributed by atoms with Crippen molar-refractivity contribution < 1.29 is 32.7 Å². The average molecular weight is 344 g/mol. The number of benzene rings is 1. The van der Waals surface area contributed by atoms with Crippen molar-refractivity contribution in [2.45, 2.75) is 25.1 Å². The number of likely N-dealkylation sites (tertiary alicyclic amines) is 1. The summed E-state index contributed by atoms with van der Waals surface area (Å²) >= 11 is 0. The Kier molecular flexibility index (Phi) is 5.10. The Balaban J connectivity index is 1.93. The number of hydrogen-bond acceptors (Lipinski definition) is 3. The molecule has 1 aromatic rings. The molecule has 2 amide bonds. The molecule has 0 saturated carbocycles. The van der Waals surface area contributed by atoms with Crippen LogP contribution in [0, 0.1) is 0 Å². The number of carboxylic acid groups (broad SMARTS) is 1. The molecule has 1 aliphatic heterocycles. The number of nitrogens with zero attached hydrogens (tertiary/aromatic N) is 1. The predicted octanol–water partition coefficient (Wildman–Crippen LogP) is 1.51. The number of amides is 2. The van der Waals surface area contributed by atoms with Gasteiger partial charge in [0.1, 0.15) is 6.04 Å². The number of hydrogen-bond donors (Lipinski definition) is 2. The van der Waals surface area contributed by atoms with Gasteiger partial charge in [0.2, 0.25) is 5.91 Å². The Labute approximate surface area is 135 Å². The molecule has 2 rings (SSSR count). The van der Waals surface area contributed by atoms with E-state index in [-0.39, 0.29) is 5.56 Å². The Bertz CT molecular complexity index is 643. The summed E-state index contributed by atoms with van der Waals surface area (Å²) in [5.74, 6) is -2.35. The van der Waals surface area contributed by atoms with E-state index in [1.165, 1.54) is 4.90 Å². The van der Waals surface area contributed by atoms with Crippen molar-refractivity contribution in [2.75, 3.05) is 13.1 Å². The van der Waals surface area contributed by atoms with Crippen LogP contribution in [0.15, 0.2) is 24.3 Å². The highest BCUT2D eigenvalue weighted by Gasteiger charge is 2.34. The largest absolute Gasteiger partial charge is 0.480 e. The van der Waals surface area contributed by atoms with Crippen molar-refractivity contribution in [1.82, 2.24) is 10.2 Å². The van der Waals surface area contributed by atoms with Gasteiger partial charge < -0.3 is 15.3 Å². The zero-order valence-corrected chi connectivity index (χ0v) is 12.5. The smallest absolute Gasteiger partial charge is 0.416 e. The first kappa shape index (κ1) is 17.8. The first-order chi connectivity index (χ1) is 11.2. The van der Waals surface area contributed by atoms with Crippen molar-refractivity contribution in [2.24, 2.45) is 0 Å². The second-order valence-corrected chi connectivity index (χ2v) is 5.34. The number of carboxylic acids is 1. The van der Waals surface area contributed by atoms with Crippen molar-refractivity contribution in [3.63, 3.8) is 0 Å². The summed E-state index contributed by atoms with van der Waals surface area (Å²) in [5, 5.41) is 11.3. The lowest BCUT2D eigenvalue weighted by molar-refractivity contribution is -0.147. The third-order valence-corrected chi connectivity index (χ3v) is 3.73. The number of halogens is 3. The van der Waals surface area contributed by atoms with E-state index in [4.69, 9.17) is 5.11 Å². The summed E-state index contributed by atoms with van der Waals surface area (Å²) in [5.41, 5.74) is -0.900. The number of nitrogens with one attached hydrogen (secondary N) is 1. The van der Waals surface area contributed by atoms with Crippen LogP contribution in [0.4, 0.5) is 13.2 Å². The monoisotopic (exact) mass is 344 g/mol. The zero-order valence-electron chi connectivity index (χ0n) is 12.5. The third-order valence-electron chi connectivity index (χ3n) is 3.73. The minimum absolute atomic E-state index is 0.0213. The molecule has 9 heteroatoms. The fourth-order valence-corrected chi connectivity index (χ4v) is 2.49. The summed E-state index contributed by atoms with van der Waals surface area (Å²) in [7, 11) is 0. The molecule has 0 aliphatic carbocycles. The molecule has 1 heterocycles. The topological polar surface area (TPSA) is 86.7 Å². The molecule has 6 nitrogen and oxygen atoms in total. The molecule has 0 unspecified atom stereocenters. The molecule has 1 saturated heterocycles. The lowest BCUT2D eigenvalue weighted by atomic mass is 10.1. The maximum atomic E-state index is 12.5. The number of aliphatic carboxylic acids is 1. The van der Waals surface area contributed by atoms with Crippen LogP contribution in [0.3, 0.4) is 0 Å². The normalized spacial score (nSPS) is 17.6. The molecule has 1 aliphatic rings. The molecule has 1 aromatic carbocycles. The van der Waals surface area contributed by atoms with Crippen molar-refractivity contribution >= 4 is 17.8 Å². The van der Waals surface area contributed by atoms with Crippen LogP contribution in [0.1, 0.15) is 28.8 Å². The van der Waals surface area contributed by atoms with E-state index in [1.54, 1.807) is 0 Å². The van der Waals surface area contributed by atoms with Crippen LogP contribution < -0.4 is 5.32 Å². The predicted molar refractivity (Wildman–Crippen MR) is 76.1 cm³/mol. The van der Waals surface area contributed by atoms with Crippen LogP contribution >= 0.6 is 0 Å². The lowest BCUT2D eigenvalue weighted by Gasteiger charge is -2.21. The van der Waals surface area contributed by atoms with Gasteiger partial charge in [-0.05, 0) is 37.1 Å². The van der Waals surface area contributed by atoms with Gasteiger partial charge in [-0.3, -0.25) is 9.59 Å². The maximum absolute atomic E-state index is 12.5. The van der Waals surface area contributed by atoms with Gasteiger partial charge in [-0.25, -0.2) is 4.79 Å². The standard InChI is InChI=1S/C15H15F3N2O4/c16-15(17,18)10-5-3-9(4-6-10)13(22)19-8-12(21)20-7-1-2-11(20)14(23)24/h3-6,11H,1-2,7-8H2,(H,19,22)(H,23,24)/t11-/m1/s1. The van der Waals surface area contributed by atoms with E-state index in [0.717, 1.165) is 24.3 Å². The molecule has 0 radical (unpaired) electrons. The average Bonchev–Trinajstić information content (AvgIpc) is 3.01. The molecule has 1 fully saturated rings. The Morgan fingerprint density at radius 1 is 1.21 bits per heavy atom. The minimum Gasteiger partial charge on any atom is -0.480 e. The molecule has 0 spiro atoms. The van der Waals surface area contributed by atoms with Crippen LogP contribution in [0.2, 0.25) is 0 Å². The van der Waals surface area contributed by atoms with Crippen molar-refractivity contribution in [3.8, 4) is 0 Å². The third kappa shape index (κ3) is 4.03. The Morgan fingerprint density at radius 3 is 2.38 bits per heavy atom. The molecular weight excluding hydrogens is 329 g/mol. The fourth-order valence-electron chi connectivity index (χ4n) is 2.49. The highest BCUT2D eigenvalue weighted by Crippen LogP contribution is 2.29. The number of carbonyl (C=O) groups is 3. The molecule has 0 aromatic heterocycles. The first-order valence-corrected chi connectivity index (χ1v) is 7.18. The number of alkyl halides is 3. The van der Waals surface area contributed by atoms with Gasteiger partial charge >= 0.3 is 12.1 Å². The maximum Gasteiger partial charge on any atom is 0.416 e. The van der Waals surface area contributed by atoms with Gasteiger partial charge in [0.15, 0.2) is 0 Å². The lowest BCUT2D eigenvalue weighted by Crippen LogP contribution is -2.45. The Morgan fingerprint density at radius 2 is 1.83 bits per heavy atom. The first-order valence-electron chi connectivity index (χ1n) is 7.18. The van der Waals surface area contributed by atoms with Crippen LogP contribution in [0.5, 0.6) is 0 Å². The van der Waals surface area contributed by atoms with E-state index in [9.17, 15) is 27.6 Å². The molecule has 24 heavy (non-hydrogen) atoms. The van der Waals surface area contributed by atoms with Gasteiger partial charge in [0, 0.05) is 12.1 Å². The van der Waals surface area contributed by atoms with Gasteiger partial charge in [0.25, 0.3) is 5.91 Å². The molecule has 2 N–H and O–H groups in total. The second kappa shape index (κ2) is 6.90. The van der Waals surface area contributed by atoms with E-state index in [1.807, 2.05) is 0 Å². The quantitative estimate of drug-likeness (QED) is 0.867. The summed E-state index contributed by atoms with van der Waals surface area (Å²) < 4.78 is 37.4. The number of rotatable bonds is 4. The SMILES string of the molecule is O=C(NCC(=O)N1CCC[C@@H]1C(=O)O)c1ccc(C(F)(F)F)cc1. The second-order valence-electron chi connectivity index (χ2n) is 5.34. The molecule has 0 bridgehead atoms. The fraction of sp³-hybridized carbons (Fsp3) is 0.400. The van der Waals surface area contributed by atoms with Gasteiger partial charge in [-0.2, -0.15) is 13.2 Å². The van der Waals surface area contributed by atoms with E-state index in [0.29, 0.717) is 19.4 Å². The summed E-state index contributed by atoms with van der Waals surface area (Å²) in [6, 6.07) is 2.67. The van der Waals surface area contributed by atoms with E-state index < -0.39 is 42.1 Å². The van der Waals surface area contributed by atoms with Gasteiger partial charge in [-0.15, -0.1) is 0 Å². The highest BCUT2D eigenvalue weighted by molar-refractivity contribution is 5.97. The molecular formula is C15H15F3N2O4. The zero-order chi connectivity index (χ0) is 17.9. The summed E-state index contributed by atoms with van der Waals surface area (Å²) in [4.78, 5) is 36.0. The van der Waals surface area contributed by atoms with Gasteiger partial charge in [-0.1, -0.05) is 0 Å².